The zero-order chi connectivity index (χ0) is 25.8. The number of Topliss-reactive ketones (excluding diaryl/α,β-unsaturated/α-hetero) is 1. The summed E-state index contributed by atoms with van der Waals surface area (Å²) in [5.74, 6) is 1.17. The van der Waals surface area contributed by atoms with Crippen LogP contribution >= 0.6 is 0 Å². The van der Waals surface area contributed by atoms with Gasteiger partial charge in [0.2, 0.25) is 0 Å². The molecule has 194 valence electrons. The number of fused-ring (bicyclic) bond motifs is 7. The number of carboxylic acid groups (broad SMARTS) is 1. The predicted octanol–water partition coefficient (Wildman–Crippen LogP) is 7.35. The van der Waals surface area contributed by atoms with Gasteiger partial charge in [0.15, 0.2) is 5.78 Å². The normalized spacial score (nSPS) is 51.7. The van der Waals surface area contributed by atoms with Crippen LogP contribution in [0.25, 0.3) is 0 Å². The third kappa shape index (κ3) is 2.86. The number of carbonyl (C=O) groups is 2. The highest BCUT2D eigenvalue weighted by atomic mass is 16.4. The van der Waals surface area contributed by atoms with Crippen molar-refractivity contribution in [2.75, 3.05) is 0 Å². The molecule has 5 aliphatic rings. The molecule has 0 aliphatic heterocycles. The van der Waals surface area contributed by atoms with E-state index in [9.17, 15) is 19.8 Å². The maximum absolute atomic E-state index is 13.2. The second-order valence-corrected chi connectivity index (χ2v) is 14.5. The highest BCUT2D eigenvalue weighted by molar-refractivity contribution is 6.00. The van der Waals surface area contributed by atoms with Crippen molar-refractivity contribution >= 4 is 11.8 Å². The smallest absolute Gasteiger partial charge is 0.309 e. The van der Waals surface area contributed by atoms with Gasteiger partial charge in [-0.1, -0.05) is 46.8 Å². The molecular formula is C31H46O4. The van der Waals surface area contributed by atoms with Crippen molar-refractivity contribution in [1.82, 2.24) is 0 Å². The van der Waals surface area contributed by atoms with Crippen LogP contribution in [-0.4, -0.2) is 22.0 Å². The van der Waals surface area contributed by atoms with E-state index in [0.29, 0.717) is 35.7 Å². The van der Waals surface area contributed by atoms with Gasteiger partial charge in [0.1, 0.15) is 0 Å². The van der Waals surface area contributed by atoms with Gasteiger partial charge in [-0.2, -0.15) is 0 Å². The topological polar surface area (TPSA) is 74.6 Å². The first-order valence-corrected chi connectivity index (χ1v) is 14.0. The molecule has 0 aromatic heterocycles. The average molecular weight is 483 g/mol. The van der Waals surface area contributed by atoms with Crippen LogP contribution in [0.3, 0.4) is 0 Å². The standard InChI is InChI=1S/C31H46O4/c1-18(2)20-10-13-31(26(34)35)15-14-29(6)21(24(20)31)8-9-23-28(5)16-19(17-32)25(33)27(3,4)22(28)11-12-30(23,29)7/h17,20-24,32H,1,8-16H2,2-7H3,(H,34,35)/t20-,21?,22?,23+,24?,28-,29+,30+,31-/m0/s1. The molecule has 2 N–H and O–H groups in total. The first-order chi connectivity index (χ1) is 16.2. The molecule has 0 aromatic rings. The summed E-state index contributed by atoms with van der Waals surface area (Å²) >= 11 is 0. The summed E-state index contributed by atoms with van der Waals surface area (Å²) in [5.41, 5.74) is 0.808. The largest absolute Gasteiger partial charge is 0.515 e. The van der Waals surface area contributed by atoms with Gasteiger partial charge in [-0.15, -0.1) is 0 Å². The van der Waals surface area contributed by atoms with Crippen LogP contribution in [0, 0.1) is 56.7 Å². The SMILES string of the molecule is C=C(C)[C@@H]1CC[C@]2(C(=O)O)CC[C@]3(C)C(CC[C@@H]4[C@@]5(C)CC(=CO)C(=O)C(C)(C)C5CC[C@]43C)C12. The van der Waals surface area contributed by atoms with E-state index in [0.717, 1.165) is 63.2 Å². The Morgan fingerprint density at radius 2 is 1.63 bits per heavy atom. The van der Waals surface area contributed by atoms with Crippen LogP contribution < -0.4 is 0 Å². The van der Waals surface area contributed by atoms with Crippen LogP contribution in [0.5, 0.6) is 0 Å². The van der Waals surface area contributed by atoms with Crippen molar-refractivity contribution in [1.29, 1.82) is 0 Å². The van der Waals surface area contributed by atoms with Gasteiger partial charge in [0.25, 0.3) is 0 Å². The fraction of sp³-hybridized carbons (Fsp3) is 0.806. The summed E-state index contributed by atoms with van der Waals surface area (Å²) in [5, 5.41) is 20.5. The molecule has 0 amide bonds. The van der Waals surface area contributed by atoms with Gasteiger partial charge in [-0.25, -0.2) is 0 Å². The summed E-state index contributed by atoms with van der Waals surface area (Å²) in [4.78, 5) is 26.0. The highest BCUT2D eigenvalue weighted by Gasteiger charge is 2.72. The van der Waals surface area contributed by atoms with Gasteiger partial charge < -0.3 is 10.2 Å². The van der Waals surface area contributed by atoms with Crippen molar-refractivity contribution in [3.63, 3.8) is 0 Å². The van der Waals surface area contributed by atoms with Crippen LogP contribution in [0.4, 0.5) is 0 Å². The maximum Gasteiger partial charge on any atom is 0.309 e. The Labute approximate surface area is 211 Å². The van der Waals surface area contributed by atoms with Crippen LogP contribution in [0.15, 0.2) is 24.0 Å². The predicted molar refractivity (Wildman–Crippen MR) is 138 cm³/mol. The zero-order valence-electron chi connectivity index (χ0n) is 22.7. The Hall–Kier alpha value is -1.58. The minimum Gasteiger partial charge on any atom is -0.515 e. The lowest BCUT2D eigenvalue weighted by molar-refractivity contribution is -0.232. The van der Waals surface area contributed by atoms with E-state index in [1.165, 1.54) is 0 Å². The first kappa shape index (κ1) is 25.1. The van der Waals surface area contributed by atoms with Gasteiger partial charge in [-0.3, -0.25) is 9.59 Å². The van der Waals surface area contributed by atoms with E-state index < -0.39 is 16.8 Å². The Morgan fingerprint density at radius 3 is 2.23 bits per heavy atom. The number of allylic oxidation sites excluding steroid dienone is 2. The number of aliphatic hydroxyl groups is 1. The monoisotopic (exact) mass is 482 g/mol. The maximum atomic E-state index is 13.2. The molecule has 0 aromatic carbocycles. The van der Waals surface area contributed by atoms with Crippen molar-refractivity contribution < 1.29 is 19.8 Å². The quantitative estimate of drug-likeness (QED) is 0.245. The fourth-order valence-corrected chi connectivity index (χ4v) is 11.5. The summed E-state index contributed by atoms with van der Waals surface area (Å²) in [6.07, 6.45) is 9.53. The van der Waals surface area contributed by atoms with Crippen molar-refractivity contribution in [3.05, 3.63) is 24.0 Å². The van der Waals surface area contributed by atoms with Crippen molar-refractivity contribution in [3.8, 4) is 0 Å². The molecule has 0 spiro atoms. The van der Waals surface area contributed by atoms with Crippen LogP contribution in [-0.2, 0) is 9.59 Å². The van der Waals surface area contributed by atoms with Crippen LogP contribution in [0.1, 0.15) is 99.3 Å². The Morgan fingerprint density at radius 1 is 0.943 bits per heavy atom. The number of ketones is 1. The molecule has 35 heavy (non-hydrogen) atoms. The minimum atomic E-state index is -0.593. The molecule has 0 saturated heterocycles. The number of aliphatic hydroxyl groups excluding tert-OH is 1. The third-order valence-corrected chi connectivity index (χ3v) is 13.2. The lowest BCUT2D eigenvalue weighted by Crippen LogP contribution is -2.67. The number of hydrogen-bond acceptors (Lipinski definition) is 3. The molecule has 5 rings (SSSR count). The Balaban J connectivity index is 1.59. The number of hydrogen-bond donors (Lipinski definition) is 2. The summed E-state index contributed by atoms with van der Waals surface area (Å²) < 4.78 is 0. The Bertz CT molecular complexity index is 1010. The molecule has 5 saturated carbocycles. The molecular weight excluding hydrogens is 436 g/mol. The molecule has 4 nitrogen and oxygen atoms in total. The fourth-order valence-electron chi connectivity index (χ4n) is 11.5. The molecule has 3 unspecified atom stereocenters. The summed E-state index contributed by atoms with van der Waals surface area (Å²) in [6, 6.07) is 0. The zero-order valence-corrected chi connectivity index (χ0v) is 22.7. The number of aliphatic carboxylic acids is 1. The van der Waals surface area contributed by atoms with Gasteiger partial charge in [0.05, 0.1) is 11.7 Å². The molecule has 0 bridgehead atoms. The second kappa shape index (κ2) is 7.48. The highest BCUT2D eigenvalue weighted by Crippen LogP contribution is 2.77. The second-order valence-electron chi connectivity index (χ2n) is 14.5. The van der Waals surface area contributed by atoms with Crippen LogP contribution in [0.2, 0.25) is 0 Å². The molecule has 5 aliphatic carbocycles. The van der Waals surface area contributed by atoms with Gasteiger partial charge in [-0.05, 0) is 111 Å². The third-order valence-electron chi connectivity index (χ3n) is 13.2. The van der Waals surface area contributed by atoms with Crippen molar-refractivity contribution in [2.24, 2.45) is 56.7 Å². The number of carboxylic acids is 1. The summed E-state index contributed by atoms with van der Waals surface area (Å²) in [7, 11) is 0. The molecule has 0 heterocycles. The minimum absolute atomic E-state index is 0.0439. The van der Waals surface area contributed by atoms with E-state index in [2.05, 4.69) is 48.1 Å². The van der Waals surface area contributed by atoms with Crippen molar-refractivity contribution in [2.45, 2.75) is 99.3 Å². The van der Waals surface area contributed by atoms with E-state index in [1.807, 2.05) is 0 Å². The van der Waals surface area contributed by atoms with E-state index in [1.54, 1.807) is 0 Å². The van der Waals surface area contributed by atoms with E-state index in [4.69, 9.17) is 0 Å². The summed E-state index contributed by atoms with van der Waals surface area (Å²) in [6.45, 7) is 18.0. The van der Waals surface area contributed by atoms with Gasteiger partial charge >= 0.3 is 5.97 Å². The van der Waals surface area contributed by atoms with E-state index in [-0.39, 0.29) is 27.9 Å². The lowest BCUT2D eigenvalue weighted by atomic mass is 9.32. The molecule has 5 fully saturated rings. The number of carbonyl (C=O) groups excluding carboxylic acids is 1. The van der Waals surface area contributed by atoms with Gasteiger partial charge in [0, 0.05) is 11.0 Å². The first-order valence-electron chi connectivity index (χ1n) is 14.0. The lowest BCUT2D eigenvalue weighted by Gasteiger charge is -2.72. The molecule has 9 atom stereocenters. The average Bonchev–Trinajstić information content (AvgIpc) is 3.18. The Kier molecular flexibility index (Phi) is 5.36. The van der Waals surface area contributed by atoms with E-state index >= 15 is 0 Å². The number of rotatable bonds is 2. The molecule has 4 heteroatoms. The molecule has 0 radical (unpaired) electrons.